The van der Waals surface area contributed by atoms with E-state index < -0.39 is 0 Å². The lowest BCUT2D eigenvalue weighted by Crippen LogP contribution is -2.34. The Morgan fingerprint density at radius 3 is 2.32 bits per heavy atom. The van der Waals surface area contributed by atoms with E-state index in [1.165, 1.54) is 73.3 Å². The maximum absolute atomic E-state index is 11.9. The van der Waals surface area contributed by atoms with E-state index in [0.717, 1.165) is 31.3 Å². The van der Waals surface area contributed by atoms with Crippen molar-refractivity contribution in [2.45, 2.75) is 65.3 Å². The Hall–Kier alpha value is -2.14. The van der Waals surface area contributed by atoms with Crippen LogP contribution in [0.5, 0.6) is 0 Å². The maximum atomic E-state index is 11.9. The van der Waals surface area contributed by atoms with Gasteiger partial charge in [-0.3, -0.25) is 14.4 Å². The van der Waals surface area contributed by atoms with Crippen LogP contribution in [0.15, 0.2) is 24.3 Å². The SMILES string of the molecule is Cc1nn(C)c(C)c1CN1CCC(Cc2ccc(CCC(=O)NCC3CC3)cc2)CC1. The van der Waals surface area contributed by atoms with Crippen LogP contribution in [0.2, 0.25) is 0 Å². The Balaban J connectivity index is 1.18. The van der Waals surface area contributed by atoms with E-state index in [1.54, 1.807) is 0 Å². The monoisotopic (exact) mass is 422 g/mol. The van der Waals surface area contributed by atoms with Gasteiger partial charge >= 0.3 is 0 Å². The molecule has 1 saturated heterocycles. The number of aromatic nitrogens is 2. The smallest absolute Gasteiger partial charge is 0.220 e. The quantitative estimate of drug-likeness (QED) is 0.666. The van der Waals surface area contributed by atoms with Gasteiger partial charge in [0.2, 0.25) is 5.91 Å². The van der Waals surface area contributed by atoms with Gasteiger partial charge in [0.1, 0.15) is 0 Å². The summed E-state index contributed by atoms with van der Waals surface area (Å²) in [5.41, 5.74) is 6.56. The Bertz CT molecular complexity index is 874. The van der Waals surface area contributed by atoms with Crippen molar-refractivity contribution in [2.24, 2.45) is 18.9 Å². The van der Waals surface area contributed by atoms with Gasteiger partial charge in [0, 0.05) is 37.8 Å². The number of amides is 1. The van der Waals surface area contributed by atoms with Crippen molar-refractivity contribution < 1.29 is 4.79 Å². The summed E-state index contributed by atoms with van der Waals surface area (Å²) in [4.78, 5) is 14.5. The predicted octanol–water partition coefficient (Wildman–Crippen LogP) is 3.95. The van der Waals surface area contributed by atoms with Crippen LogP contribution >= 0.6 is 0 Å². The van der Waals surface area contributed by atoms with Crippen molar-refractivity contribution in [3.05, 3.63) is 52.3 Å². The molecule has 2 fully saturated rings. The third kappa shape index (κ3) is 6.19. The lowest BCUT2D eigenvalue weighted by Gasteiger charge is -2.32. The molecule has 5 nitrogen and oxygen atoms in total. The summed E-state index contributed by atoms with van der Waals surface area (Å²) in [7, 11) is 2.03. The largest absolute Gasteiger partial charge is 0.356 e. The van der Waals surface area contributed by atoms with Gasteiger partial charge in [0.05, 0.1) is 5.69 Å². The van der Waals surface area contributed by atoms with Gasteiger partial charge in [-0.15, -0.1) is 0 Å². The number of benzene rings is 1. The van der Waals surface area contributed by atoms with E-state index in [0.29, 0.717) is 6.42 Å². The zero-order chi connectivity index (χ0) is 21.8. The normalized spacial score (nSPS) is 17.8. The van der Waals surface area contributed by atoms with Crippen LogP contribution in [0.25, 0.3) is 0 Å². The predicted molar refractivity (Wildman–Crippen MR) is 125 cm³/mol. The highest BCUT2D eigenvalue weighted by Gasteiger charge is 2.22. The van der Waals surface area contributed by atoms with Crippen molar-refractivity contribution in [3.8, 4) is 0 Å². The van der Waals surface area contributed by atoms with E-state index in [-0.39, 0.29) is 5.91 Å². The summed E-state index contributed by atoms with van der Waals surface area (Å²) in [6, 6.07) is 8.97. The molecule has 1 aliphatic heterocycles. The summed E-state index contributed by atoms with van der Waals surface area (Å²) < 4.78 is 2.00. The summed E-state index contributed by atoms with van der Waals surface area (Å²) in [5.74, 6) is 1.71. The zero-order valence-electron chi connectivity index (χ0n) is 19.5. The van der Waals surface area contributed by atoms with E-state index in [9.17, 15) is 4.79 Å². The average Bonchev–Trinajstić information content (AvgIpc) is 3.57. The molecule has 1 aliphatic carbocycles. The molecule has 31 heavy (non-hydrogen) atoms. The van der Waals surface area contributed by atoms with Gasteiger partial charge in [-0.25, -0.2) is 0 Å². The Labute approximate surface area is 187 Å². The summed E-state index contributed by atoms with van der Waals surface area (Å²) >= 11 is 0. The van der Waals surface area contributed by atoms with Gasteiger partial charge in [-0.1, -0.05) is 24.3 Å². The number of hydrogen-bond acceptors (Lipinski definition) is 3. The minimum Gasteiger partial charge on any atom is -0.356 e. The number of rotatable bonds is 9. The summed E-state index contributed by atoms with van der Waals surface area (Å²) in [5, 5.41) is 7.62. The fourth-order valence-corrected chi connectivity index (χ4v) is 4.72. The van der Waals surface area contributed by atoms with Crippen LogP contribution in [0, 0.1) is 25.7 Å². The van der Waals surface area contributed by atoms with Gasteiger partial charge in [0.15, 0.2) is 0 Å². The highest BCUT2D eigenvalue weighted by molar-refractivity contribution is 5.76. The van der Waals surface area contributed by atoms with Crippen LogP contribution in [0.4, 0.5) is 0 Å². The van der Waals surface area contributed by atoms with Gasteiger partial charge in [0.25, 0.3) is 0 Å². The molecular weight excluding hydrogens is 384 g/mol. The first kappa shape index (κ1) is 22.1. The molecule has 1 amide bonds. The number of aryl methyl sites for hydroxylation is 3. The molecule has 2 aromatic rings. The van der Waals surface area contributed by atoms with Gasteiger partial charge in [-0.05, 0) is 88.4 Å². The van der Waals surface area contributed by atoms with Crippen molar-refractivity contribution in [1.82, 2.24) is 20.0 Å². The molecule has 4 rings (SSSR count). The van der Waals surface area contributed by atoms with E-state index in [1.807, 2.05) is 11.7 Å². The minimum absolute atomic E-state index is 0.194. The lowest BCUT2D eigenvalue weighted by molar-refractivity contribution is -0.121. The molecule has 1 aromatic heterocycles. The Morgan fingerprint density at radius 2 is 1.71 bits per heavy atom. The molecule has 0 bridgehead atoms. The summed E-state index contributed by atoms with van der Waals surface area (Å²) in [6.07, 6.45) is 7.70. The molecule has 168 valence electrons. The fraction of sp³-hybridized carbons (Fsp3) is 0.615. The molecule has 0 unspecified atom stereocenters. The Morgan fingerprint density at radius 1 is 1.03 bits per heavy atom. The molecule has 1 N–H and O–H groups in total. The average molecular weight is 423 g/mol. The number of nitrogens with one attached hydrogen (secondary N) is 1. The van der Waals surface area contributed by atoms with E-state index in [4.69, 9.17) is 0 Å². The van der Waals surface area contributed by atoms with Crippen molar-refractivity contribution in [2.75, 3.05) is 19.6 Å². The van der Waals surface area contributed by atoms with Crippen molar-refractivity contribution in [3.63, 3.8) is 0 Å². The topological polar surface area (TPSA) is 50.2 Å². The highest BCUT2D eigenvalue weighted by atomic mass is 16.1. The molecule has 0 spiro atoms. The molecule has 2 heterocycles. The second-order valence-electron chi connectivity index (χ2n) is 9.76. The molecule has 2 aliphatic rings. The number of nitrogens with zero attached hydrogens (tertiary/aromatic N) is 3. The number of piperidine rings is 1. The first-order valence-corrected chi connectivity index (χ1v) is 12.0. The second kappa shape index (κ2) is 9.99. The van der Waals surface area contributed by atoms with Gasteiger partial charge in [-0.2, -0.15) is 5.10 Å². The van der Waals surface area contributed by atoms with Crippen LogP contribution in [-0.2, 0) is 31.2 Å². The first-order valence-electron chi connectivity index (χ1n) is 12.0. The second-order valence-corrected chi connectivity index (χ2v) is 9.76. The zero-order valence-corrected chi connectivity index (χ0v) is 19.5. The highest BCUT2D eigenvalue weighted by Crippen LogP contribution is 2.27. The molecular formula is C26H38N4O. The van der Waals surface area contributed by atoms with Crippen LogP contribution < -0.4 is 5.32 Å². The number of carbonyl (C=O) groups is 1. The molecule has 5 heteroatoms. The molecule has 1 saturated carbocycles. The standard InChI is InChI=1S/C26H38N4O/c1-19-25(20(2)29(3)28-19)18-30-14-12-23(13-15-30)16-22-6-4-21(5-7-22)10-11-26(31)27-17-24-8-9-24/h4-7,23-24H,8-18H2,1-3H3,(H,27,31). The lowest BCUT2D eigenvalue weighted by atomic mass is 9.89. The van der Waals surface area contributed by atoms with Crippen LogP contribution in [0.1, 0.15) is 60.2 Å². The first-order chi connectivity index (χ1) is 15.0. The van der Waals surface area contributed by atoms with E-state index >= 15 is 0 Å². The van der Waals surface area contributed by atoms with Crippen molar-refractivity contribution in [1.29, 1.82) is 0 Å². The molecule has 0 atom stereocenters. The molecule has 0 radical (unpaired) electrons. The summed E-state index contributed by atoms with van der Waals surface area (Å²) in [6.45, 7) is 8.55. The number of likely N-dealkylation sites (tertiary alicyclic amines) is 1. The maximum Gasteiger partial charge on any atom is 0.220 e. The van der Waals surface area contributed by atoms with E-state index in [2.05, 4.69) is 53.4 Å². The molecule has 1 aromatic carbocycles. The number of hydrogen-bond donors (Lipinski definition) is 1. The van der Waals surface area contributed by atoms with Crippen LogP contribution in [0.3, 0.4) is 0 Å². The Kier molecular flexibility index (Phi) is 7.11. The third-order valence-corrected chi connectivity index (χ3v) is 7.22. The fourth-order valence-electron chi connectivity index (χ4n) is 4.72. The van der Waals surface area contributed by atoms with Crippen molar-refractivity contribution >= 4 is 5.91 Å². The third-order valence-electron chi connectivity index (χ3n) is 7.22. The van der Waals surface area contributed by atoms with Crippen LogP contribution in [-0.4, -0.2) is 40.2 Å². The number of carbonyl (C=O) groups excluding carboxylic acids is 1. The van der Waals surface area contributed by atoms with Gasteiger partial charge < -0.3 is 5.32 Å². The minimum atomic E-state index is 0.194.